The van der Waals surface area contributed by atoms with Gasteiger partial charge in [0.15, 0.2) is 0 Å². The molecule has 0 aliphatic heterocycles. The van der Waals surface area contributed by atoms with Crippen molar-refractivity contribution in [2.75, 3.05) is 26.8 Å². The van der Waals surface area contributed by atoms with Gasteiger partial charge in [0.2, 0.25) is 5.16 Å². The Hall–Kier alpha value is -0.480. The summed E-state index contributed by atoms with van der Waals surface area (Å²) in [6, 6.07) is 4.17. The zero-order valence-corrected chi connectivity index (χ0v) is 14.3. The van der Waals surface area contributed by atoms with Gasteiger partial charge in [-0.2, -0.15) is 0 Å². The van der Waals surface area contributed by atoms with Gasteiger partial charge in [-0.3, -0.25) is 0 Å². The quantitative estimate of drug-likeness (QED) is 0.532. The molecule has 0 aromatic carbocycles. The summed E-state index contributed by atoms with van der Waals surface area (Å²) >= 11 is 6.85. The predicted octanol–water partition coefficient (Wildman–Crippen LogP) is 2.03. The van der Waals surface area contributed by atoms with Crippen LogP contribution in [0.4, 0.5) is 0 Å². The summed E-state index contributed by atoms with van der Waals surface area (Å²) in [5.41, 5.74) is 0. The fraction of sp³-hybridized carbons (Fsp3) is 0.545. The number of aromatic nitrogens is 4. The second-order valence-corrected chi connectivity index (χ2v) is 7.41. The van der Waals surface area contributed by atoms with Crippen LogP contribution in [-0.4, -0.2) is 47.0 Å². The van der Waals surface area contributed by atoms with Gasteiger partial charge in [-0.05, 0) is 38.5 Å². The molecule has 0 saturated heterocycles. The molecule has 0 saturated carbocycles. The van der Waals surface area contributed by atoms with Crippen molar-refractivity contribution in [1.82, 2.24) is 25.5 Å². The zero-order valence-electron chi connectivity index (χ0n) is 11.1. The summed E-state index contributed by atoms with van der Waals surface area (Å²) in [4.78, 5) is 1.30. The van der Waals surface area contributed by atoms with E-state index < -0.39 is 0 Å². The number of tetrazole rings is 1. The standard InChI is InChI=1S/C11H16BrN5OS2/c1-18-7-5-13-4-6-17-11(14-15-16-17)19-8-9-2-3-10(12)20-9/h2-3,13H,4-8H2,1H3. The van der Waals surface area contributed by atoms with Crippen molar-refractivity contribution < 1.29 is 4.74 Å². The first-order valence-electron chi connectivity index (χ1n) is 6.12. The Morgan fingerprint density at radius 2 is 2.35 bits per heavy atom. The third-order valence-corrected chi connectivity index (χ3v) is 5.27. The van der Waals surface area contributed by atoms with Crippen molar-refractivity contribution in [2.45, 2.75) is 17.5 Å². The minimum atomic E-state index is 0.713. The number of nitrogens with zero attached hydrogens (tertiary/aromatic N) is 4. The number of methoxy groups -OCH3 is 1. The lowest BCUT2D eigenvalue weighted by Crippen LogP contribution is -2.24. The Morgan fingerprint density at radius 1 is 1.45 bits per heavy atom. The highest BCUT2D eigenvalue weighted by molar-refractivity contribution is 9.11. The van der Waals surface area contributed by atoms with Crippen molar-refractivity contribution in [3.63, 3.8) is 0 Å². The number of hydrogen-bond donors (Lipinski definition) is 1. The number of thioether (sulfide) groups is 1. The van der Waals surface area contributed by atoms with Crippen LogP contribution in [-0.2, 0) is 17.0 Å². The third-order valence-electron chi connectivity index (χ3n) is 2.45. The van der Waals surface area contributed by atoms with Crippen LogP contribution in [0.2, 0.25) is 0 Å². The van der Waals surface area contributed by atoms with Crippen molar-refractivity contribution in [1.29, 1.82) is 0 Å². The molecule has 20 heavy (non-hydrogen) atoms. The first kappa shape index (κ1) is 15.9. The van der Waals surface area contributed by atoms with Gasteiger partial charge in [0.05, 0.1) is 16.9 Å². The molecule has 9 heteroatoms. The van der Waals surface area contributed by atoms with E-state index in [1.165, 1.54) is 4.88 Å². The lowest BCUT2D eigenvalue weighted by molar-refractivity contribution is 0.199. The smallest absolute Gasteiger partial charge is 0.209 e. The third kappa shape index (κ3) is 5.13. The average molecular weight is 378 g/mol. The summed E-state index contributed by atoms with van der Waals surface area (Å²) in [7, 11) is 1.70. The molecule has 0 fully saturated rings. The molecule has 0 atom stereocenters. The maximum absolute atomic E-state index is 4.98. The first-order valence-corrected chi connectivity index (χ1v) is 8.72. The molecule has 2 aromatic rings. The number of ether oxygens (including phenoxy) is 1. The summed E-state index contributed by atoms with van der Waals surface area (Å²) in [6.45, 7) is 3.13. The van der Waals surface area contributed by atoms with Gasteiger partial charge in [0.25, 0.3) is 0 Å². The molecular weight excluding hydrogens is 362 g/mol. The van der Waals surface area contributed by atoms with Crippen LogP contribution in [0.25, 0.3) is 0 Å². The van der Waals surface area contributed by atoms with E-state index in [1.54, 1.807) is 30.2 Å². The van der Waals surface area contributed by atoms with E-state index in [4.69, 9.17) is 4.74 Å². The van der Waals surface area contributed by atoms with Crippen molar-refractivity contribution in [3.05, 3.63) is 20.8 Å². The van der Waals surface area contributed by atoms with Gasteiger partial charge >= 0.3 is 0 Å². The van der Waals surface area contributed by atoms with E-state index in [1.807, 2.05) is 4.68 Å². The van der Waals surface area contributed by atoms with Gasteiger partial charge in [-0.15, -0.1) is 16.4 Å². The number of nitrogens with one attached hydrogen (secondary N) is 1. The number of hydrogen-bond acceptors (Lipinski definition) is 7. The van der Waals surface area contributed by atoms with Crippen LogP contribution in [0.15, 0.2) is 21.1 Å². The highest BCUT2D eigenvalue weighted by Gasteiger charge is 2.07. The van der Waals surface area contributed by atoms with Gasteiger partial charge in [-0.1, -0.05) is 11.8 Å². The van der Waals surface area contributed by atoms with Gasteiger partial charge in [0, 0.05) is 30.8 Å². The summed E-state index contributed by atoms with van der Waals surface area (Å²) in [5, 5.41) is 15.9. The highest BCUT2D eigenvalue weighted by Crippen LogP contribution is 2.27. The Balaban J connectivity index is 1.76. The molecule has 0 amide bonds. The molecular formula is C11H16BrN5OS2. The van der Waals surface area contributed by atoms with Crippen LogP contribution in [0.3, 0.4) is 0 Å². The predicted molar refractivity (Wildman–Crippen MR) is 84.1 cm³/mol. The van der Waals surface area contributed by atoms with Crippen LogP contribution < -0.4 is 5.32 Å². The fourth-order valence-corrected chi connectivity index (χ4v) is 3.92. The Morgan fingerprint density at radius 3 is 3.10 bits per heavy atom. The first-order chi connectivity index (χ1) is 9.79. The van der Waals surface area contributed by atoms with Crippen molar-refractivity contribution in [3.8, 4) is 0 Å². The van der Waals surface area contributed by atoms with E-state index in [0.717, 1.165) is 34.3 Å². The van der Waals surface area contributed by atoms with E-state index in [9.17, 15) is 0 Å². The Bertz CT molecular complexity index is 518. The van der Waals surface area contributed by atoms with Crippen molar-refractivity contribution >= 4 is 39.0 Å². The number of halogens is 1. The van der Waals surface area contributed by atoms with Crippen molar-refractivity contribution in [2.24, 2.45) is 0 Å². The lowest BCUT2D eigenvalue weighted by atomic mass is 10.5. The maximum Gasteiger partial charge on any atom is 0.209 e. The molecule has 110 valence electrons. The van der Waals surface area contributed by atoms with Gasteiger partial charge in [-0.25, -0.2) is 4.68 Å². The Labute approximate surface area is 134 Å². The Kier molecular flexibility index (Phi) is 6.94. The molecule has 2 aromatic heterocycles. The molecule has 2 rings (SSSR count). The SMILES string of the molecule is COCCNCCn1nnnc1SCc1ccc(Br)s1. The summed E-state index contributed by atoms with van der Waals surface area (Å²) < 4.78 is 7.95. The molecule has 0 radical (unpaired) electrons. The van der Waals surface area contributed by atoms with Crippen LogP contribution in [0.1, 0.15) is 4.88 Å². The molecule has 0 aliphatic carbocycles. The van der Waals surface area contributed by atoms with Gasteiger partial charge < -0.3 is 10.1 Å². The fourth-order valence-electron chi connectivity index (χ4n) is 1.49. The second kappa shape index (κ2) is 8.73. The minimum absolute atomic E-state index is 0.713. The maximum atomic E-state index is 4.98. The minimum Gasteiger partial charge on any atom is -0.383 e. The molecule has 2 heterocycles. The molecule has 1 N–H and O–H groups in total. The van der Waals surface area contributed by atoms with Crippen LogP contribution in [0, 0.1) is 0 Å². The van der Waals surface area contributed by atoms with Gasteiger partial charge in [0.1, 0.15) is 0 Å². The van der Waals surface area contributed by atoms with E-state index in [-0.39, 0.29) is 0 Å². The van der Waals surface area contributed by atoms with E-state index in [0.29, 0.717) is 6.61 Å². The molecule has 0 bridgehead atoms. The average Bonchev–Trinajstić information content (AvgIpc) is 3.05. The van der Waals surface area contributed by atoms with Crippen LogP contribution >= 0.6 is 39.0 Å². The second-order valence-electron chi connectivity index (χ2n) is 3.92. The monoisotopic (exact) mass is 377 g/mol. The highest BCUT2D eigenvalue weighted by atomic mass is 79.9. The van der Waals surface area contributed by atoms with Crippen LogP contribution in [0.5, 0.6) is 0 Å². The topological polar surface area (TPSA) is 64.9 Å². The normalized spacial score (nSPS) is 11.1. The lowest BCUT2D eigenvalue weighted by Gasteiger charge is -2.05. The van der Waals surface area contributed by atoms with E-state index >= 15 is 0 Å². The largest absolute Gasteiger partial charge is 0.383 e. The molecule has 6 nitrogen and oxygen atoms in total. The molecule has 0 spiro atoms. The number of thiophene rings is 1. The summed E-state index contributed by atoms with van der Waals surface area (Å²) in [5.74, 6) is 0.883. The summed E-state index contributed by atoms with van der Waals surface area (Å²) in [6.07, 6.45) is 0. The zero-order chi connectivity index (χ0) is 14.2. The van der Waals surface area contributed by atoms with E-state index in [2.05, 4.69) is 48.9 Å². The number of rotatable bonds is 9. The molecule has 0 aliphatic rings. The molecule has 0 unspecified atom stereocenters.